The van der Waals surface area contributed by atoms with Gasteiger partial charge in [-0.15, -0.1) is 0 Å². The third-order valence-corrected chi connectivity index (χ3v) is 3.86. The molecule has 23 heavy (non-hydrogen) atoms. The first-order chi connectivity index (χ1) is 11.2. The highest BCUT2D eigenvalue weighted by Gasteiger charge is 2.07. The minimum Gasteiger partial charge on any atom is -0.390 e. The van der Waals surface area contributed by atoms with E-state index in [0.29, 0.717) is 11.6 Å². The number of aryl methyl sites for hydroxylation is 1. The highest BCUT2D eigenvalue weighted by molar-refractivity contribution is 5.86. The number of rotatable bonds is 3. The molecule has 2 aromatic carbocycles. The van der Waals surface area contributed by atoms with E-state index in [1.54, 1.807) is 0 Å². The molecule has 0 saturated carbocycles. The van der Waals surface area contributed by atoms with Crippen LogP contribution in [0.4, 0.5) is 11.6 Å². The lowest BCUT2D eigenvalue weighted by molar-refractivity contribution is 0.278. The summed E-state index contributed by atoms with van der Waals surface area (Å²) in [4.78, 5) is 8.94. The summed E-state index contributed by atoms with van der Waals surface area (Å²) in [6.07, 6.45) is 1.82. The van der Waals surface area contributed by atoms with Crippen molar-refractivity contribution in [2.24, 2.45) is 0 Å². The van der Waals surface area contributed by atoms with Crippen LogP contribution in [0.1, 0.15) is 11.3 Å². The van der Waals surface area contributed by atoms with E-state index in [1.165, 1.54) is 0 Å². The fraction of sp³-hybridized carbons (Fsp3) is 0.118. The molecule has 0 amide bonds. The van der Waals surface area contributed by atoms with Crippen LogP contribution in [0, 0.1) is 6.92 Å². The number of aliphatic hydroxyl groups is 1. The molecule has 2 heterocycles. The number of H-pyrrole nitrogens is 1. The van der Waals surface area contributed by atoms with Crippen molar-refractivity contribution < 1.29 is 5.11 Å². The van der Waals surface area contributed by atoms with E-state index in [9.17, 15) is 5.11 Å². The molecule has 0 saturated heterocycles. The number of nitrogens with one attached hydrogen (secondary N) is 2. The van der Waals surface area contributed by atoms with E-state index in [2.05, 4.69) is 25.5 Å². The molecule has 6 heteroatoms. The van der Waals surface area contributed by atoms with Crippen molar-refractivity contribution in [3.8, 4) is 0 Å². The molecule has 114 valence electrons. The van der Waals surface area contributed by atoms with Crippen LogP contribution in [0.2, 0.25) is 0 Å². The van der Waals surface area contributed by atoms with Crippen LogP contribution in [0.5, 0.6) is 0 Å². The molecule has 0 radical (unpaired) electrons. The maximum Gasteiger partial charge on any atom is 0.227 e. The molecule has 0 bridgehead atoms. The molecule has 0 atom stereocenters. The second-order valence-corrected chi connectivity index (χ2v) is 5.42. The summed E-state index contributed by atoms with van der Waals surface area (Å²) < 4.78 is 0. The molecule has 2 aromatic heterocycles. The summed E-state index contributed by atoms with van der Waals surface area (Å²) in [6.45, 7) is 1.95. The second-order valence-electron chi connectivity index (χ2n) is 5.42. The number of fused-ring (bicyclic) bond motifs is 2. The molecule has 0 aliphatic heterocycles. The van der Waals surface area contributed by atoms with Crippen LogP contribution in [-0.2, 0) is 6.61 Å². The first kappa shape index (κ1) is 13.7. The largest absolute Gasteiger partial charge is 0.390 e. The Balaban J connectivity index is 1.71. The lowest BCUT2D eigenvalue weighted by Gasteiger charge is -2.07. The molecule has 0 spiro atoms. The Morgan fingerprint density at radius 3 is 3.00 bits per heavy atom. The predicted octanol–water partition coefficient (Wildman–Crippen LogP) is 3.05. The normalized spacial score (nSPS) is 11.2. The summed E-state index contributed by atoms with van der Waals surface area (Å²) in [7, 11) is 0. The summed E-state index contributed by atoms with van der Waals surface area (Å²) in [5.41, 5.74) is 4.42. The van der Waals surface area contributed by atoms with Gasteiger partial charge in [-0.05, 0) is 30.7 Å². The number of para-hydroxylation sites is 1. The van der Waals surface area contributed by atoms with Gasteiger partial charge in [-0.1, -0.05) is 18.2 Å². The monoisotopic (exact) mass is 305 g/mol. The predicted molar refractivity (Wildman–Crippen MR) is 89.6 cm³/mol. The minimum atomic E-state index is -0.0835. The Hall–Kier alpha value is -2.99. The number of anilines is 2. The van der Waals surface area contributed by atoms with Gasteiger partial charge in [0.05, 0.1) is 23.3 Å². The summed E-state index contributed by atoms with van der Waals surface area (Å²) in [5, 5.41) is 21.4. The number of benzene rings is 2. The molecule has 4 rings (SSSR count). The van der Waals surface area contributed by atoms with E-state index in [0.717, 1.165) is 33.1 Å². The molecule has 0 aliphatic carbocycles. The van der Waals surface area contributed by atoms with Gasteiger partial charge in [0, 0.05) is 22.7 Å². The molecular weight excluding hydrogens is 290 g/mol. The Bertz CT molecular complexity index is 1010. The molecule has 3 N–H and O–H groups in total. The number of hydrogen-bond acceptors (Lipinski definition) is 5. The van der Waals surface area contributed by atoms with Gasteiger partial charge in [0.15, 0.2) is 0 Å². The van der Waals surface area contributed by atoms with Crippen LogP contribution >= 0.6 is 0 Å². The van der Waals surface area contributed by atoms with Gasteiger partial charge in [-0.25, -0.2) is 9.97 Å². The Morgan fingerprint density at radius 1 is 1.22 bits per heavy atom. The molecule has 4 aromatic rings. The highest BCUT2D eigenvalue weighted by Crippen LogP contribution is 2.23. The number of aliphatic hydroxyl groups excluding tert-OH is 1. The fourth-order valence-corrected chi connectivity index (χ4v) is 2.67. The smallest absolute Gasteiger partial charge is 0.227 e. The van der Waals surface area contributed by atoms with Gasteiger partial charge in [0.25, 0.3) is 0 Å². The minimum absolute atomic E-state index is 0.0835. The van der Waals surface area contributed by atoms with Crippen LogP contribution in [-0.4, -0.2) is 25.3 Å². The van der Waals surface area contributed by atoms with Gasteiger partial charge < -0.3 is 10.4 Å². The number of aromatic nitrogens is 4. The van der Waals surface area contributed by atoms with E-state index in [-0.39, 0.29) is 6.61 Å². The average molecular weight is 305 g/mol. The van der Waals surface area contributed by atoms with Crippen molar-refractivity contribution >= 4 is 33.4 Å². The Morgan fingerprint density at radius 2 is 2.13 bits per heavy atom. The molecule has 0 unspecified atom stereocenters. The standard InChI is InChI=1S/C17H15N5O/c1-10-3-2-4-11-8-18-17(20-16(10)11)19-12-5-6-13-14(7-12)21-22-15(13)9-23/h2-8,23H,9H2,1H3,(H,21,22)(H,18,19,20). The van der Waals surface area contributed by atoms with Crippen LogP contribution in [0.3, 0.4) is 0 Å². The van der Waals surface area contributed by atoms with Crippen LogP contribution in [0.15, 0.2) is 42.6 Å². The lowest BCUT2D eigenvalue weighted by Crippen LogP contribution is -1.97. The van der Waals surface area contributed by atoms with E-state index >= 15 is 0 Å². The number of nitrogens with zero attached hydrogens (tertiary/aromatic N) is 3. The summed E-state index contributed by atoms with van der Waals surface area (Å²) >= 11 is 0. The zero-order valence-corrected chi connectivity index (χ0v) is 12.5. The van der Waals surface area contributed by atoms with Crippen molar-refractivity contribution in [1.82, 2.24) is 20.2 Å². The van der Waals surface area contributed by atoms with Gasteiger partial charge in [0.2, 0.25) is 5.95 Å². The maximum absolute atomic E-state index is 9.24. The van der Waals surface area contributed by atoms with Crippen molar-refractivity contribution in [3.05, 3.63) is 53.9 Å². The van der Waals surface area contributed by atoms with Crippen molar-refractivity contribution in [1.29, 1.82) is 0 Å². The molecule has 0 fully saturated rings. The second kappa shape index (κ2) is 5.33. The lowest BCUT2D eigenvalue weighted by atomic mass is 10.1. The maximum atomic E-state index is 9.24. The summed E-state index contributed by atoms with van der Waals surface area (Å²) in [6, 6.07) is 11.8. The Kier molecular flexibility index (Phi) is 3.17. The molecule has 6 nitrogen and oxygen atoms in total. The number of hydrogen-bond donors (Lipinski definition) is 3. The Labute approximate surface area is 132 Å². The third kappa shape index (κ3) is 2.39. The van der Waals surface area contributed by atoms with E-state index in [1.807, 2.05) is 49.5 Å². The zero-order valence-electron chi connectivity index (χ0n) is 12.5. The highest BCUT2D eigenvalue weighted by atomic mass is 16.3. The van der Waals surface area contributed by atoms with Gasteiger partial charge in [0.1, 0.15) is 0 Å². The first-order valence-electron chi connectivity index (χ1n) is 7.32. The number of aromatic amines is 1. The van der Waals surface area contributed by atoms with Gasteiger partial charge in [-0.3, -0.25) is 5.10 Å². The molecular formula is C17H15N5O. The van der Waals surface area contributed by atoms with Crippen LogP contribution in [0.25, 0.3) is 21.8 Å². The van der Waals surface area contributed by atoms with Gasteiger partial charge >= 0.3 is 0 Å². The third-order valence-electron chi connectivity index (χ3n) is 3.86. The van der Waals surface area contributed by atoms with Crippen molar-refractivity contribution in [2.45, 2.75) is 13.5 Å². The summed E-state index contributed by atoms with van der Waals surface area (Å²) in [5.74, 6) is 0.549. The quantitative estimate of drug-likeness (QED) is 0.541. The van der Waals surface area contributed by atoms with E-state index < -0.39 is 0 Å². The van der Waals surface area contributed by atoms with Crippen LogP contribution < -0.4 is 5.32 Å². The topological polar surface area (TPSA) is 86.7 Å². The van der Waals surface area contributed by atoms with E-state index in [4.69, 9.17) is 0 Å². The SMILES string of the molecule is Cc1cccc2cnc(Nc3ccc4c(CO)n[nH]c4c3)nc12. The van der Waals surface area contributed by atoms with Gasteiger partial charge in [-0.2, -0.15) is 5.10 Å². The molecule has 0 aliphatic rings. The van der Waals surface area contributed by atoms with Crippen molar-refractivity contribution in [2.75, 3.05) is 5.32 Å². The van der Waals surface area contributed by atoms with Crippen molar-refractivity contribution in [3.63, 3.8) is 0 Å². The first-order valence-corrected chi connectivity index (χ1v) is 7.32. The average Bonchev–Trinajstić information content (AvgIpc) is 2.98. The zero-order chi connectivity index (χ0) is 15.8. The fourth-order valence-electron chi connectivity index (χ4n) is 2.67.